The van der Waals surface area contributed by atoms with E-state index >= 15 is 0 Å². The normalized spacial score (nSPS) is 15.5. The number of amides is 3. The molecule has 0 fully saturated rings. The summed E-state index contributed by atoms with van der Waals surface area (Å²) < 4.78 is 15.4. The average Bonchev–Trinajstić information content (AvgIpc) is 2.85. The molecule has 0 saturated carbocycles. The Hall–Kier alpha value is -4.01. The van der Waals surface area contributed by atoms with Crippen molar-refractivity contribution in [3.8, 4) is 11.5 Å². The van der Waals surface area contributed by atoms with Crippen LogP contribution in [0.2, 0.25) is 0 Å². The number of nitrogens with zero attached hydrogens (tertiary/aromatic N) is 1. The van der Waals surface area contributed by atoms with Crippen molar-refractivity contribution in [3.63, 3.8) is 0 Å². The second-order valence-corrected chi connectivity index (χ2v) is 7.70. The number of rotatable bonds is 8. The third-order valence-electron chi connectivity index (χ3n) is 5.56. The Morgan fingerprint density at radius 2 is 1.65 bits per heavy atom. The predicted octanol–water partition coefficient (Wildman–Crippen LogP) is 3.88. The van der Waals surface area contributed by atoms with Crippen molar-refractivity contribution in [1.29, 1.82) is 0 Å². The quantitative estimate of drug-likeness (QED) is 0.571. The SMILES string of the molecule is CCCN1C(=O)NC(c2ccc(NC(=O)c3cc(OC)cc(OC)c3)cc2)C(C(=O)OC)=C1C. The van der Waals surface area contributed by atoms with Gasteiger partial charge in [-0.25, -0.2) is 9.59 Å². The number of carbonyl (C=O) groups is 3. The molecule has 1 atom stereocenters. The zero-order valence-electron chi connectivity index (χ0n) is 19.9. The highest BCUT2D eigenvalue weighted by Crippen LogP contribution is 2.32. The lowest BCUT2D eigenvalue weighted by molar-refractivity contribution is -0.136. The zero-order chi connectivity index (χ0) is 24.8. The zero-order valence-corrected chi connectivity index (χ0v) is 19.9. The van der Waals surface area contributed by atoms with E-state index in [1.807, 2.05) is 6.92 Å². The van der Waals surface area contributed by atoms with Crippen LogP contribution in [0.15, 0.2) is 53.7 Å². The largest absolute Gasteiger partial charge is 0.497 e. The standard InChI is InChI=1S/C25H29N3O6/c1-6-11-28-15(2)21(24(30)34-5)22(27-25(28)31)16-7-9-18(10-8-16)26-23(29)17-12-19(32-3)14-20(13-17)33-4/h7-10,12-14,22H,6,11H2,1-5H3,(H,26,29)(H,27,31). The first-order valence-electron chi connectivity index (χ1n) is 10.8. The molecule has 1 heterocycles. The first kappa shape index (κ1) is 24.6. The van der Waals surface area contributed by atoms with Crippen LogP contribution in [-0.2, 0) is 9.53 Å². The van der Waals surface area contributed by atoms with Crippen LogP contribution in [0.25, 0.3) is 0 Å². The minimum atomic E-state index is -0.666. The molecule has 34 heavy (non-hydrogen) atoms. The van der Waals surface area contributed by atoms with Gasteiger partial charge in [0.25, 0.3) is 5.91 Å². The van der Waals surface area contributed by atoms with Crippen LogP contribution in [0.3, 0.4) is 0 Å². The predicted molar refractivity (Wildman–Crippen MR) is 127 cm³/mol. The smallest absolute Gasteiger partial charge is 0.337 e. The molecular formula is C25H29N3O6. The van der Waals surface area contributed by atoms with Crippen molar-refractivity contribution in [3.05, 3.63) is 64.9 Å². The topological polar surface area (TPSA) is 106 Å². The van der Waals surface area contributed by atoms with Gasteiger partial charge in [0, 0.05) is 29.6 Å². The van der Waals surface area contributed by atoms with Gasteiger partial charge >= 0.3 is 12.0 Å². The van der Waals surface area contributed by atoms with Crippen molar-refractivity contribution in [2.75, 3.05) is 33.2 Å². The molecule has 0 aliphatic carbocycles. The van der Waals surface area contributed by atoms with Gasteiger partial charge in [0.05, 0.1) is 32.9 Å². The molecule has 0 saturated heterocycles. The van der Waals surface area contributed by atoms with E-state index in [2.05, 4.69) is 10.6 Å². The number of esters is 1. The van der Waals surface area contributed by atoms with Crippen molar-refractivity contribution in [2.24, 2.45) is 0 Å². The van der Waals surface area contributed by atoms with Crippen LogP contribution in [0.1, 0.15) is 42.2 Å². The minimum Gasteiger partial charge on any atom is -0.497 e. The molecule has 1 aliphatic heterocycles. The molecule has 3 rings (SSSR count). The fourth-order valence-electron chi connectivity index (χ4n) is 3.80. The summed E-state index contributed by atoms with van der Waals surface area (Å²) in [7, 11) is 4.34. The molecule has 1 aliphatic rings. The van der Waals surface area contributed by atoms with E-state index in [1.165, 1.54) is 21.3 Å². The lowest BCUT2D eigenvalue weighted by atomic mass is 9.94. The first-order valence-corrected chi connectivity index (χ1v) is 10.8. The molecule has 0 spiro atoms. The maximum atomic E-state index is 12.7. The van der Waals surface area contributed by atoms with Crippen molar-refractivity contribution < 1.29 is 28.6 Å². The highest BCUT2D eigenvalue weighted by Gasteiger charge is 2.35. The van der Waals surface area contributed by atoms with Crippen molar-refractivity contribution in [1.82, 2.24) is 10.2 Å². The second kappa shape index (κ2) is 10.7. The van der Waals surface area contributed by atoms with Crippen LogP contribution in [-0.4, -0.2) is 50.7 Å². The van der Waals surface area contributed by atoms with E-state index in [0.29, 0.717) is 46.1 Å². The van der Waals surface area contributed by atoms with E-state index in [-0.39, 0.29) is 11.9 Å². The fourth-order valence-corrected chi connectivity index (χ4v) is 3.80. The molecule has 9 heteroatoms. The van der Waals surface area contributed by atoms with Crippen LogP contribution in [0.5, 0.6) is 11.5 Å². The van der Waals surface area contributed by atoms with Gasteiger partial charge in [0.1, 0.15) is 11.5 Å². The van der Waals surface area contributed by atoms with Gasteiger partial charge in [-0.15, -0.1) is 0 Å². The molecule has 1 unspecified atom stereocenters. The van der Waals surface area contributed by atoms with Crippen LogP contribution >= 0.6 is 0 Å². The molecule has 9 nitrogen and oxygen atoms in total. The minimum absolute atomic E-state index is 0.277. The van der Waals surface area contributed by atoms with Gasteiger partial charge in [0.2, 0.25) is 0 Å². The molecule has 0 radical (unpaired) electrons. The first-order chi connectivity index (χ1) is 16.3. The fraction of sp³-hybridized carbons (Fsp3) is 0.320. The third kappa shape index (κ3) is 5.14. The monoisotopic (exact) mass is 467 g/mol. The number of hydrogen-bond donors (Lipinski definition) is 2. The summed E-state index contributed by atoms with van der Waals surface area (Å²) in [5.41, 5.74) is 2.54. The number of anilines is 1. The van der Waals surface area contributed by atoms with E-state index in [0.717, 1.165) is 6.42 Å². The highest BCUT2D eigenvalue weighted by atomic mass is 16.5. The molecule has 180 valence electrons. The summed E-state index contributed by atoms with van der Waals surface area (Å²) in [5, 5.41) is 5.72. The molecule has 0 aromatic heterocycles. The van der Waals surface area contributed by atoms with Crippen molar-refractivity contribution >= 4 is 23.6 Å². The van der Waals surface area contributed by atoms with E-state index in [9.17, 15) is 14.4 Å². The molecule has 0 bridgehead atoms. The Labute approximate surface area is 198 Å². The average molecular weight is 468 g/mol. The lowest BCUT2D eigenvalue weighted by Gasteiger charge is -2.35. The van der Waals surface area contributed by atoms with Gasteiger partial charge in [0.15, 0.2) is 0 Å². The Morgan fingerprint density at radius 1 is 1.03 bits per heavy atom. The molecule has 3 amide bonds. The highest BCUT2D eigenvalue weighted by molar-refractivity contribution is 6.04. The van der Waals surface area contributed by atoms with Crippen molar-refractivity contribution in [2.45, 2.75) is 26.3 Å². The van der Waals surface area contributed by atoms with E-state index in [1.54, 1.807) is 54.3 Å². The number of nitrogens with one attached hydrogen (secondary N) is 2. The number of methoxy groups -OCH3 is 3. The maximum absolute atomic E-state index is 12.7. The van der Waals surface area contributed by atoms with Gasteiger partial charge in [-0.05, 0) is 43.2 Å². The Morgan fingerprint density at radius 3 is 2.18 bits per heavy atom. The number of allylic oxidation sites excluding steroid dienone is 1. The molecule has 2 aromatic rings. The van der Waals surface area contributed by atoms with Crippen LogP contribution < -0.4 is 20.1 Å². The number of hydrogen-bond acceptors (Lipinski definition) is 6. The summed E-state index contributed by atoms with van der Waals surface area (Å²) in [5.74, 6) is 0.162. The summed E-state index contributed by atoms with van der Waals surface area (Å²) in [4.78, 5) is 39.5. The molecule has 2 aromatic carbocycles. The number of urea groups is 1. The van der Waals surface area contributed by atoms with Gasteiger partial charge in [-0.1, -0.05) is 19.1 Å². The second-order valence-electron chi connectivity index (χ2n) is 7.70. The molecular weight excluding hydrogens is 438 g/mol. The Bertz CT molecular complexity index is 1090. The molecule has 2 N–H and O–H groups in total. The summed E-state index contributed by atoms with van der Waals surface area (Å²) in [6.45, 7) is 4.19. The van der Waals surface area contributed by atoms with Crippen LogP contribution in [0, 0.1) is 0 Å². The van der Waals surface area contributed by atoms with Gasteiger partial charge in [-0.2, -0.15) is 0 Å². The third-order valence-corrected chi connectivity index (χ3v) is 5.56. The van der Waals surface area contributed by atoms with Gasteiger partial charge in [-0.3, -0.25) is 9.69 Å². The number of benzene rings is 2. The van der Waals surface area contributed by atoms with Crippen LogP contribution in [0.4, 0.5) is 10.5 Å². The number of ether oxygens (including phenoxy) is 3. The maximum Gasteiger partial charge on any atom is 0.337 e. The van der Waals surface area contributed by atoms with Gasteiger partial charge < -0.3 is 24.8 Å². The summed E-state index contributed by atoms with van der Waals surface area (Å²) >= 11 is 0. The summed E-state index contributed by atoms with van der Waals surface area (Å²) in [6.07, 6.45) is 0.747. The number of carbonyl (C=O) groups excluding carboxylic acids is 3. The van der Waals surface area contributed by atoms with E-state index in [4.69, 9.17) is 14.2 Å². The Kier molecular flexibility index (Phi) is 7.78. The van der Waals surface area contributed by atoms with E-state index < -0.39 is 12.0 Å². The Balaban J connectivity index is 1.85. The summed E-state index contributed by atoms with van der Waals surface area (Å²) in [6, 6.07) is 10.9. The lowest BCUT2D eigenvalue weighted by Crippen LogP contribution is -2.48.